The van der Waals surface area contributed by atoms with Crippen molar-refractivity contribution in [1.29, 1.82) is 0 Å². The Morgan fingerprint density at radius 2 is 1.54 bits per heavy atom. The van der Waals surface area contributed by atoms with E-state index in [0.717, 1.165) is 5.56 Å². The summed E-state index contributed by atoms with van der Waals surface area (Å²) in [7, 11) is 0. The lowest BCUT2D eigenvalue weighted by atomic mass is 9.90. The summed E-state index contributed by atoms with van der Waals surface area (Å²) in [5.41, 5.74) is 2.31. The summed E-state index contributed by atoms with van der Waals surface area (Å²) < 4.78 is 5.87. The van der Waals surface area contributed by atoms with Crippen LogP contribution in [-0.2, 0) is 11.3 Å². The maximum atomic E-state index is 11.1. The van der Waals surface area contributed by atoms with E-state index < -0.39 is 6.10 Å². The second kappa shape index (κ2) is 9.31. The van der Waals surface area contributed by atoms with E-state index >= 15 is 0 Å². The lowest BCUT2D eigenvalue weighted by Crippen LogP contribution is -2.50. The summed E-state index contributed by atoms with van der Waals surface area (Å²) in [5.74, 6) is 0. The van der Waals surface area contributed by atoms with Crippen molar-refractivity contribution in [3.05, 3.63) is 71.8 Å². The van der Waals surface area contributed by atoms with Crippen molar-refractivity contribution < 1.29 is 9.84 Å². The van der Waals surface area contributed by atoms with E-state index in [1.807, 2.05) is 24.3 Å². The number of nitrogens with zero attached hydrogens (tertiary/aromatic N) is 1. The molecule has 0 aliphatic carbocycles. The quantitative estimate of drug-likeness (QED) is 0.791. The minimum atomic E-state index is -0.552. The van der Waals surface area contributed by atoms with E-state index in [9.17, 15) is 5.11 Å². The largest absolute Gasteiger partial charge is 0.389 e. The summed E-state index contributed by atoms with van der Waals surface area (Å²) in [5, 5.41) is 11.1. The Hall–Kier alpha value is -1.68. The first-order valence-corrected chi connectivity index (χ1v) is 9.79. The smallest absolute Gasteiger partial charge is 0.0970 e. The van der Waals surface area contributed by atoms with Gasteiger partial charge in [-0.2, -0.15) is 0 Å². The Balaban J connectivity index is 1.72. The third-order valence-corrected chi connectivity index (χ3v) is 5.49. The second-order valence-electron chi connectivity index (χ2n) is 7.50. The van der Waals surface area contributed by atoms with Crippen LogP contribution in [0.4, 0.5) is 0 Å². The van der Waals surface area contributed by atoms with Gasteiger partial charge in [0.2, 0.25) is 0 Å². The van der Waals surface area contributed by atoms with E-state index in [0.29, 0.717) is 25.3 Å². The monoisotopic (exact) mass is 353 g/mol. The standard InChI is InChI=1S/C23H31NO2/c1-18-10-9-11-19(2)24(18)23(21-14-7-4-8-15-21)22(25)17-26-16-20-12-5-3-6-13-20/h3-8,12-15,18-19,22-23,25H,9-11,16-17H2,1-2H3/t18-,19+,22-,23+/m0/s1. The fourth-order valence-electron chi connectivity index (χ4n) is 4.20. The SMILES string of the molecule is C[C@@H]1CCC[C@H](C)N1[C@H](c1ccccc1)[C@@H](O)COCc1ccccc1. The number of aliphatic hydroxyl groups is 1. The average molecular weight is 354 g/mol. The molecule has 2 aromatic rings. The van der Waals surface area contributed by atoms with Gasteiger partial charge in [-0.1, -0.05) is 67.1 Å². The Morgan fingerprint density at radius 3 is 2.15 bits per heavy atom. The first kappa shape index (κ1) is 19.1. The van der Waals surface area contributed by atoms with Crippen LogP contribution in [-0.4, -0.2) is 34.8 Å². The van der Waals surface area contributed by atoms with Crippen molar-refractivity contribution in [2.24, 2.45) is 0 Å². The molecule has 2 aromatic carbocycles. The molecule has 26 heavy (non-hydrogen) atoms. The minimum Gasteiger partial charge on any atom is -0.389 e. The van der Waals surface area contributed by atoms with Gasteiger partial charge in [-0.05, 0) is 37.8 Å². The molecule has 0 unspecified atom stereocenters. The average Bonchev–Trinajstić information content (AvgIpc) is 2.66. The normalized spacial score (nSPS) is 23.5. The summed E-state index contributed by atoms with van der Waals surface area (Å²) >= 11 is 0. The van der Waals surface area contributed by atoms with Crippen LogP contribution in [0.5, 0.6) is 0 Å². The Kier molecular flexibility index (Phi) is 6.84. The van der Waals surface area contributed by atoms with Gasteiger partial charge in [-0.25, -0.2) is 0 Å². The predicted octanol–water partition coefficient (Wildman–Crippen LogP) is 4.57. The zero-order chi connectivity index (χ0) is 18.4. The number of ether oxygens (including phenoxy) is 1. The van der Waals surface area contributed by atoms with Crippen LogP contribution in [0.15, 0.2) is 60.7 Å². The van der Waals surface area contributed by atoms with E-state index in [-0.39, 0.29) is 6.04 Å². The van der Waals surface area contributed by atoms with Gasteiger partial charge < -0.3 is 9.84 Å². The van der Waals surface area contributed by atoms with Gasteiger partial charge in [-0.3, -0.25) is 4.90 Å². The third kappa shape index (κ3) is 4.73. The molecule has 3 nitrogen and oxygen atoms in total. The van der Waals surface area contributed by atoms with Crippen molar-refractivity contribution >= 4 is 0 Å². The highest BCUT2D eigenvalue weighted by molar-refractivity contribution is 5.21. The molecule has 140 valence electrons. The van der Waals surface area contributed by atoms with Crippen LogP contribution in [0.25, 0.3) is 0 Å². The summed E-state index contributed by atoms with van der Waals surface area (Å²) in [4.78, 5) is 2.50. The first-order valence-electron chi connectivity index (χ1n) is 9.79. The summed E-state index contributed by atoms with van der Waals surface area (Å²) in [6.07, 6.45) is 3.08. The zero-order valence-corrected chi connectivity index (χ0v) is 15.9. The molecular weight excluding hydrogens is 322 g/mol. The fourth-order valence-corrected chi connectivity index (χ4v) is 4.20. The van der Waals surface area contributed by atoms with E-state index in [2.05, 4.69) is 55.1 Å². The number of hydrogen-bond acceptors (Lipinski definition) is 3. The minimum absolute atomic E-state index is 0.0303. The van der Waals surface area contributed by atoms with Crippen LogP contribution in [0, 0.1) is 0 Å². The van der Waals surface area contributed by atoms with Gasteiger partial charge in [0.1, 0.15) is 0 Å². The van der Waals surface area contributed by atoms with Crippen LogP contribution < -0.4 is 0 Å². The first-order chi connectivity index (χ1) is 12.7. The van der Waals surface area contributed by atoms with Gasteiger partial charge in [0.15, 0.2) is 0 Å². The number of rotatable bonds is 7. The molecular formula is C23H31NO2. The van der Waals surface area contributed by atoms with Crippen LogP contribution >= 0.6 is 0 Å². The molecule has 0 spiro atoms. The molecule has 0 radical (unpaired) electrons. The van der Waals surface area contributed by atoms with Gasteiger partial charge in [0.05, 0.1) is 25.4 Å². The maximum absolute atomic E-state index is 11.1. The predicted molar refractivity (Wildman–Crippen MR) is 106 cm³/mol. The molecule has 4 atom stereocenters. The lowest BCUT2D eigenvalue weighted by molar-refractivity contribution is -0.0565. The topological polar surface area (TPSA) is 32.7 Å². The van der Waals surface area contributed by atoms with Crippen LogP contribution in [0.1, 0.15) is 50.3 Å². The molecule has 1 heterocycles. The third-order valence-electron chi connectivity index (χ3n) is 5.49. The van der Waals surface area contributed by atoms with Crippen molar-refractivity contribution in [3.63, 3.8) is 0 Å². The number of benzene rings is 2. The highest BCUT2D eigenvalue weighted by Crippen LogP contribution is 2.34. The maximum Gasteiger partial charge on any atom is 0.0970 e. The number of aliphatic hydroxyl groups excluding tert-OH is 1. The van der Waals surface area contributed by atoms with Crippen molar-refractivity contribution in [3.8, 4) is 0 Å². The van der Waals surface area contributed by atoms with Crippen molar-refractivity contribution in [2.45, 2.75) is 63.9 Å². The Bertz CT molecular complexity index is 636. The Labute approximate surface area is 157 Å². The lowest BCUT2D eigenvalue weighted by Gasteiger charge is -2.46. The van der Waals surface area contributed by atoms with Crippen LogP contribution in [0.3, 0.4) is 0 Å². The van der Waals surface area contributed by atoms with Crippen molar-refractivity contribution in [1.82, 2.24) is 4.90 Å². The fraction of sp³-hybridized carbons (Fsp3) is 0.478. The molecule has 1 aliphatic rings. The van der Waals surface area contributed by atoms with E-state index in [1.165, 1.54) is 24.8 Å². The van der Waals surface area contributed by atoms with E-state index in [1.54, 1.807) is 0 Å². The molecule has 1 aliphatic heterocycles. The molecule has 0 aromatic heterocycles. The molecule has 1 fully saturated rings. The Morgan fingerprint density at radius 1 is 0.962 bits per heavy atom. The highest BCUT2D eigenvalue weighted by Gasteiger charge is 2.36. The molecule has 3 heteroatoms. The summed E-state index contributed by atoms with van der Waals surface area (Å²) in [6.45, 7) is 5.43. The number of likely N-dealkylation sites (tertiary alicyclic amines) is 1. The van der Waals surface area contributed by atoms with Gasteiger partial charge in [0.25, 0.3) is 0 Å². The molecule has 0 amide bonds. The molecule has 0 bridgehead atoms. The zero-order valence-electron chi connectivity index (χ0n) is 15.9. The molecule has 1 saturated heterocycles. The molecule has 0 saturated carbocycles. The summed E-state index contributed by atoms with van der Waals surface area (Å²) in [6, 6.07) is 21.4. The van der Waals surface area contributed by atoms with Gasteiger partial charge >= 0.3 is 0 Å². The van der Waals surface area contributed by atoms with Gasteiger partial charge in [-0.15, -0.1) is 0 Å². The van der Waals surface area contributed by atoms with Crippen molar-refractivity contribution in [2.75, 3.05) is 6.61 Å². The number of hydrogen-bond donors (Lipinski definition) is 1. The number of piperidine rings is 1. The second-order valence-corrected chi connectivity index (χ2v) is 7.50. The molecule has 1 N–H and O–H groups in total. The molecule has 3 rings (SSSR count). The highest BCUT2D eigenvalue weighted by atomic mass is 16.5. The van der Waals surface area contributed by atoms with Crippen LogP contribution in [0.2, 0.25) is 0 Å². The van der Waals surface area contributed by atoms with Gasteiger partial charge in [0, 0.05) is 12.1 Å². The van der Waals surface area contributed by atoms with E-state index in [4.69, 9.17) is 4.74 Å².